The number of amides is 1. The van der Waals surface area contributed by atoms with Gasteiger partial charge in [0.05, 0.1) is 22.1 Å². The second-order valence-corrected chi connectivity index (χ2v) is 11.3. The number of piperazine rings is 1. The molecule has 2 aliphatic rings. The molecule has 5 rings (SSSR count). The van der Waals surface area contributed by atoms with Crippen molar-refractivity contribution < 1.29 is 13.2 Å². The van der Waals surface area contributed by atoms with Crippen LogP contribution < -0.4 is 0 Å². The predicted molar refractivity (Wildman–Crippen MR) is 126 cm³/mol. The van der Waals surface area contributed by atoms with Gasteiger partial charge < -0.3 is 9.47 Å². The zero-order valence-electron chi connectivity index (χ0n) is 18.1. The summed E-state index contributed by atoms with van der Waals surface area (Å²) in [6.07, 6.45) is 8.11. The summed E-state index contributed by atoms with van der Waals surface area (Å²) in [7, 11) is -3.66. The maximum absolute atomic E-state index is 13.7. The lowest BCUT2D eigenvalue weighted by molar-refractivity contribution is 0.0697. The molecule has 170 valence electrons. The largest absolute Gasteiger partial charge is 0.336 e. The van der Waals surface area contributed by atoms with E-state index in [9.17, 15) is 13.2 Å². The van der Waals surface area contributed by atoms with Crippen molar-refractivity contribution in [3.63, 3.8) is 0 Å². The summed E-state index contributed by atoms with van der Waals surface area (Å²) in [4.78, 5) is 16.9. The number of fused-ring (bicyclic) bond motifs is 1. The molecule has 3 aromatic rings. The van der Waals surface area contributed by atoms with Crippen LogP contribution >= 0.6 is 11.3 Å². The van der Waals surface area contributed by atoms with E-state index in [1.165, 1.54) is 39.0 Å². The van der Waals surface area contributed by atoms with Gasteiger partial charge in [0.25, 0.3) is 5.91 Å². The summed E-state index contributed by atoms with van der Waals surface area (Å²) >= 11 is 1.70. The van der Waals surface area contributed by atoms with Crippen LogP contribution in [0, 0.1) is 11.3 Å². The first kappa shape index (κ1) is 21.9. The average molecular weight is 481 g/mol. The number of carbonyl (C=O) groups excluding carboxylic acids is 1. The lowest BCUT2D eigenvalue weighted by atomic mass is 9.95. The maximum Gasteiger partial charge on any atom is 0.257 e. The van der Waals surface area contributed by atoms with Gasteiger partial charge in [-0.1, -0.05) is 0 Å². The number of benzene rings is 1. The Bertz CT molecular complexity index is 1310. The lowest BCUT2D eigenvalue weighted by Crippen LogP contribution is -2.50. The second kappa shape index (κ2) is 8.78. The van der Waals surface area contributed by atoms with Gasteiger partial charge in [0.2, 0.25) is 10.0 Å². The smallest absolute Gasteiger partial charge is 0.257 e. The van der Waals surface area contributed by atoms with Gasteiger partial charge in [-0.2, -0.15) is 9.57 Å². The molecule has 7 nitrogen and oxygen atoms in total. The van der Waals surface area contributed by atoms with Crippen LogP contribution in [0.3, 0.4) is 0 Å². The van der Waals surface area contributed by atoms with Crippen molar-refractivity contribution in [2.75, 3.05) is 26.2 Å². The summed E-state index contributed by atoms with van der Waals surface area (Å²) in [6, 6.07) is 11.9. The van der Waals surface area contributed by atoms with E-state index in [0.29, 0.717) is 18.7 Å². The van der Waals surface area contributed by atoms with Crippen LogP contribution in [0.4, 0.5) is 0 Å². The summed E-state index contributed by atoms with van der Waals surface area (Å²) in [5, 5.41) is 9.91. The molecule has 0 N–H and O–H groups in total. The quantitative estimate of drug-likeness (QED) is 0.573. The highest BCUT2D eigenvalue weighted by Crippen LogP contribution is 2.37. The molecule has 0 spiro atoms. The van der Waals surface area contributed by atoms with Crippen molar-refractivity contribution in [1.82, 2.24) is 13.8 Å². The summed E-state index contributed by atoms with van der Waals surface area (Å²) in [6.45, 7) is 1.20. The highest BCUT2D eigenvalue weighted by Gasteiger charge is 2.34. The highest BCUT2D eigenvalue weighted by atomic mass is 32.2. The average Bonchev–Trinajstić information content (AvgIpc) is 3.52. The van der Waals surface area contributed by atoms with E-state index < -0.39 is 10.0 Å². The van der Waals surface area contributed by atoms with Gasteiger partial charge in [0, 0.05) is 43.4 Å². The van der Waals surface area contributed by atoms with Crippen LogP contribution in [0.15, 0.2) is 53.7 Å². The van der Waals surface area contributed by atoms with Crippen molar-refractivity contribution in [3.8, 4) is 11.1 Å². The number of nitrogens with zero attached hydrogens (tertiary/aromatic N) is 4. The highest BCUT2D eigenvalue weighted by molar-refractivity contribution is 7.89. The third-order valence-electron chi connectivity index (χ3n) is 6.35. The van der Waals surface area contributed by atoms with Crippen molar-refractivity contribution in [1.29, 1.82) is 5.26 Å². The Morgan fingerprint density at radius 3 is 2.30 bits per heavy atom. The van der Waals surface area contributed by atoms with Crippen LogP contribution in [-0.2, 0) is 22.9 Å². The zero-order chi connectivity index (χ0) is 23.0. The third-order valence-corrected chi connectivity index (χ3v) is 9.57. The van der Waals surface area contributed by atoms with E-state index >= 15 is 0 Å². The number of hydrogen-bond donors (Lipinski definition) is 0. The van der Waals surface area contributed by atoms with Gasteiger partial charge in [-0.15, -0.1) is 11.3 Å². The molecule has 1 amide bonds. The van der Waals surface area contributed by atoms with E-state index in [0.717, 1.165) is 36.2 Å². The molecule has 9 heteroatoms. The minimum absolute atomic E-state index is 0.00600. The Morgan fingerprint density at radius 2 is 1.64 bits per heavy atom. The fourth-order valence-electron chi connectivity index (χ4n) is 4.56. The van der Waals surface area contributed by atoms with Crippen molar-refractivity contribution in [3.05, 3.63) is 70.4 Å². The van der Waals surface area contributed by atoms with E-state index in [1.54, 1.807) is 16.2 Å². The maximum atomic E-state index is 13.7. The molecule has 0 atom stereocenters. The SMILES string of the molecule is N#Cc1ccc(S(=O)(=O)N2CCN(C(=O)c3c(-n4cccc4)sc4c3CCCC4)CC2)cc1. The predicted octanol–water partition coefficient (Wildman–Crippen LogP) is 3.44. The molecular formula is C24H24N4O3S2. The summed E-state index contributed by atoms with van der Waals surface area (Å²) in [5.74, 6) is -0.00600. The minimum atomic E-state index is -3.66. The number of carbonyl (C=O) groups is 1. The molecule has 0 saturated carbocycles. The minimum Gasteiger partial charge on any atom is -0.336 e. The topological polar surface area (TPSA) is 86.4 Å². The monoisotopic (exact) mass is 480 g/mol. The number of sulfonamides is 1. The molecule has 0 unspecified atom stereocenters. The first-order valence-electron chi connectivity index (χ1n) is 11.1. The van der Waals surface area contributed by atoms with Gasteiger partial charge in [0.1, 0.15) is 5.00 Å². The van der Waals surface area contributed by atoms with Crippen LogP contribution in [-0.4, -0.2) is 54.3 Å². The first-order chi connectivity index (χ1) is 16.0. The number of nitriles is 1. The lowest BCUT2D eigenvalue weighted by Gasteiger charge is -2.34. The van der Waals surface area contributed by atoms with Crippen LogP contribution in [0.1, 0.15) is 39.2 Å². The molecule has 1 aliphatic heterocycles. The number of aryl methyl sites for hydroxylation is 1. The molecule has 0 radical (unpaired) electrons. The first-order valence-corrected chi connectivity index (χ1v) is 13.3. The molecule has 1 saturated heterocycles. The summed E-state index contributed by atoms with van der Waals surface area (Å²) in [5.41, 5.74) is 2.38. The Balaban J connectivity index is 1.36. The molecule has 0 bridgehead atoms. The molecule has 1 aliphatic carbocycles. The summed E-state index contributed by atoms with van der Waals surface area (Å²) < 4.78 is 29.5. The fraction of sp³-hybridized carbons (Fsp3) is 0.333. The van der Waals surface area contributed by atoms with Crippen molar-refractivity contribution in [2.45, 2.75) is 30.6 Å². The molecule has 3 heterocycles. The van der Waals surface area contributed by atoms with Crippen LogP contribution in [0.5, 0.6) is 0 Å². The Morgan fingerprint density at radius 1 is 0.970 bits per heavy atom. The third kappa shape index (κ3) is 3.99. The number of thiophene rings is 1. The van der Waals surface area contributed by atoms with Gasteiger partial charge in [-0.25, -0.2) is 8.42 Å². The van der Waals surface area contributed by atoms with Crippen LogP contribution in [0.2, 0.25) is 0 Å². The Labute approximate surface area is 197 Å². The molecular weight excluding hydrogens is 456 g/mol. The van der Waals surface area contributed by atoms with Gasteiger partial charge in [-0.3, -0.25) is 4.79 Å². The Kier molecular flexibility index (Phi) is 5.83. The molecule has 2 aromatic heterocycles. The van der Waals surface area contributed by atoms with Gasteiger partial charge in [0.15, 0.2) is 0 Å². The molecule has 1 fully saturated rings. The van der Waals surface area contributed by atoms with Gasteiger partial charge in [-0.05, 0) is 67.6 Å². The molecule has 1 aromatic carbocycles. The number of hydrogen-bond acceptors (Lipinski definition) is 5. The normalized spacial score (nSPS) is 16.9. The standard InChI is InChI=1S/C24H24N4O3S2/c25-17-18-7-9-19(10-8-18)33(30,31)28-15-13-26(14-16-28)23(29)22-20-5-1-2-6-21(20)32-24(22)27-11-3-4-12-27/h3-4,7-12H,1-2,5-6,13-16H2. The van der Waals surface area contributed by atoms with Crippen LogP contribution in [0.25, 0.3) is 5.00 Å². The second-order valence-electron chi connectivity index (χ2n) is 8.31. The van der Waals surface area contributed by atoms with E-state index in [4.69, 9.17) is 5.26 Å². The van der Waals surface area contributed by atoms with Crippen molar-refractivity contribution >= 4 is 27.3 Å². The van der Waals surface area contributed by atoms with Gasteiger partial charge >= 0.3 is 0 Å². The fourth-order valence-corrected chi connectivity index (χ4v) is 7.33. The van der Waals surface area contributed by atoms with E-state index in [2.05, 4.69) is 0 Å². The van der Waals surface area contributed by atoms with Crippen molar-refractivity contribution in [2.24, 2.45) is 0 Å². The number of rotatable bonds is 4. The van der Waals surface area contributed by atoms with E-state index in [-0.39, 0.29) is 23.9 Å². The van der Waals surface area contributed by atoms with E-state index in [1.807, 2.05) is 35.2 Å². The zero-order valence-corrected chi connectivity index (χ0v) is 19.7. The Hall–Kier alpha value is -2.93. The number of aromatic nitrogens is 1. The molecule has 33 heavy (non-hydrogen) atoms.